The van der Waals surface area contributed by atoms with Crippen LogP contribution < -0.4 is 10.6 Å². The fraction of sp³-hybridized carbons (Fsp3) is 0.263. The summed E-state index contributed by atoms with van der Waals surface area (Å²) in [5.41, 5.74) is 2.33. The normalized spacial score (nSPS) is 16.5. The van der Waals surface area contributed by atoms with Crippen LogP contribution in [-0.4, -0.2) is 25.2 Å². The molecule has 0 aromatic heterocycles. The molecule has 0 saturated carbocycles. The number of hydrogen-bond acceptors (Lipinski definition) is 4. The van der Waals surface area contributed by atoms with Crippen molar-refractivity contribution in [2.24, 2.45) is 5.92 Å². The molecule has 1 aliphatic rings. The predicted molar refractivity (Wildman–Crippen MR) is 92.7 cm³/mol. The third kappa shape index (κ3) is 4.03. The fourth-order valence-corrected chi connectivity index (χ4v) is 2.79. The first-order chi connectivity index (χ1) is 12.0. The summed E-state index contributed by atoms with van der Waals surface area (Å²) in [6.07, 6.45) is -0.167. The molecule has 1 saturated heterocycles. The van der Waals surface area contributed by atoms with E-state index in [1.807, 2.05) is 6.92 Å². The lowest BCUT2D eigenvalue weighted by Gasteiger charge is -2.12. The van der Waals surface area contributed by atoms with Crippen LogP contribution in [0.3, 0.4) is 0 Å². The second-order valence-corrected chi connectivity index (χ2v) is 6.03. The lowest BCUT2D eigenvalue weighted by atomic mass is 10.0. The van der Waals surface area contributed by atoms with Gasteiger partial charge in [0.15, 0.2) is 0 Å². The van der Waals surface area contributed by atoms with Crippen molar-refractivity contribution in [3.05, 3.63) is 53.8 Å². The Bertz CT molecular complexity index is 801. The molecule has 1 unspecified atom stereocenters. The van der Waals surface area contributed by atoms with Crippen molar-refractivity contribution < 1.29 is 18.7 Å². The molecule has 1 fully saturated rings. The summed E-state index contributed by atoms with van der Waals surface area (Å²) < 4.78 is 18.8. The molecule has 0 aliphatic carbocycles. The molecule has 0 spiro atoms. The van der Waals surface area contributed by atoms with Crippen LogP contribution in [0.15, 0.2) is 42.5 Å². The van der Waals surface area contributed by atoms with Crippen molar-refractivity contribution in [2.45, 2.75) is 13.3 Å². The highest BCUT2D eigenvalue weighted by Gasteiger charge is 2.26. The monoisotopic (exact) mass is 342 g/mol. The minimum absolute atomic E-state index is 0.295. The van der Waals surface area contributed by atoms with Crippen LogP contribution in [0.2, 0.25) is 0 Å². The summed E-state index contributed by atoms with van der Waals surface area (Å²) in [5.74, 6) is -1.18. The highest BCUT2D eigenvalue weighted by atomic mass is 19.1. The van der Waals surface area contributed by atoms with Gasteiger partial charge in [-0.2, -0.15) is 0 Å². The van der Waals surface area contributed by atoms with E-state index >= 15 is 0 Å². The van der Waals surface area contributed by atoms with Crippen LogP contribution >= 0.6 is 0 Å². The number of nitrogens with one attached hydrogen (secondary N) is 2. The van der Waals surface area contributed by atoms with Crippen molar-refractivity contribution in [1.82, 2.24) is 5.32 Å². The Kier molecular flexibility index (Phi) is 5.09. The van der Waals surface area contributed by atoms with E-state index in [1.54, 1.807) is 36.4 Å². The second-order valence-electron chi connectivity index (χ2n) is 6.03. The van der Waals surface area contributed by atoms with Gasteiger partial charge in [-0.3, -0.25) is 10.1 Å². The van der Waals surface area contributed by atoms with Crippen molar-refractivity contribution in [1.29, 1.82) is 0 Å². The Balaban J connectivity index is 1.73. The van der Waals surface area contributed by atoms with E-state index in [9.17, 15) is 14.0 Å². The van der Waals surface area contributed by atoms with Crippen LogP contribution in [-0.2, 0) is 9.53 Å². The number of hydrogen-bond donors (Lipinski definition) is 2. The maximum absolute atomic E-state index is 14.0. The van der Waals surface area contributed by atoms with Gasteiger partial charge < -0.3 is 10.1 Å². The van der Waals surface area contributed by atoms with E-state index in [0.717, 1.165) is 12.1 Å². The van der Waals surface area contributed by atoms with Gasteiger partial charge in [-0.05, 0) is 43.1 Å². The summed E-state index contributed by atoms with van der Waals surface area (Å²) in [7, 11) is 0. The number of anilines is 1. The van der Waals surface area contributed by atoms with E-state index in [2.05, 4.69) is 10.6 Å². The molecule has 2 aromatic carbocycles. The molecule has 0 bridgehead atoms. The standard InChI is InChI=1S/C19H19FN2O3/c1-12-6-7-13(15-4-2-3-5-16(15)20)10-17(12)22-19(24)25-18(23)14-8-9-21-11-14/h2-7,10,14,21H,8-9,11H2,1H3,(H,22,24). The molecule has 25 heavy (non-hydrogen) atoms. The third-order valence-corrected chi connectivity index (χ3v) is 4.25. The Morgan fingerprint density at radius 3 is 2.76 bits per heavy atom. The van der Waals surface area contributed by atoms with Crippen LogP contribution in [0.5, 0.6) is 0 Å². The maximum Gasteiger partial charge on any atom is 0.419 e. The number of benzene rings is 2. The van der Waals surface area contributed by atoms with Gasteiger partial charge in [-0.25, -0.2) is 9.18 Å². The molecule has 1 aliphatic heterocycles. The van der Waals surface area contributed by atoms with Gasteiger partial charge in [0.1, 0.15) is 5.82 Å². The molecule has 6 heteroatoms. The first kappa shape index (κ1) is 17.1. The average molecular weight is 342 g/mol. The van der Waals surface area contributed by atoms with Crippen molar-refractivity contribution in [3.8, 4) is 11.1 Å². The van der Waals surface area contributed by atoms with Gasteiger partial charge in [0.25, 0.3) is 0 Å². The number of amides is 1. The van der Waals surface area contributed by atoms with Crippen LogP contribution in [0.25, 0.3) is 11.1 Å². The summed E-state index contributed by atoms with van der Waals surface area (Å²) in [5, 5.41) is 5.62. The Labute approximate surface area is 145 Å². The molecule has 1 heterocycles. The lowest BCUT2D eigenvalue weighted by molar-refractivity contribution is -0.140. The topological polar surface area (TPSA) is 67.4 Å². The van der Waals surface area contributed by atoms with E-state index in [4.69, 9.17) is 4.74 Å². The number of carbonyl (C=O) groups excluding carboxylic acids is 2. The molecule has 130 valence electrons. The minimum Gasteiger partial charge on any atom is -0.376 e. The lowest BCUT2D eigenvalue weighted by Crippen LogP contribution is -2.26. The third-order valence-electron chi connectivity index (χ3n) is 4.25. The van der Waals surface area contributed by atoms with Crippen LogP contribution in [0, 0.1) is 18.7 Å². The van der Waals surface area contributed by atoms with Gasteiger partial charge in [0.05, 0.1) is 5.92 Å². The maximum atomic E-state index is 14.0. The summed E-state index contributed by atoms with van der Waals surface area (Å²) in [6, 6.07) is 11.6. The van der Waals surface area contributed by atoms with E-state index in [-0.39, 0.29) is 11.7 Å². The van der Waals surface area contributed by atoms with Gasteiger partial charge in [0.2, 0.25) is 0 Å². The minimum atomic E-state index is -0.828. The highest BCUT2D eigenvalue weighted by Crippen LogP contribution is 2.27. The first-order valence-electron chi connectivity index (χ1n) is 8.13. The van der Waals surface area contributed by atoms with Gasteiger partial charge >= 0.3 is 12.1 Å². The molecule has 5 nitrogen and oxygen atoms in total. The van der Waals surface area contributed by atoms with Crippen LogP contribution in [0.4, 0.5) is 14.9 Å². The van der Waals surface area contributed by atoms with Gasteiger partial charge in [-0.15, -0.1) is 0 Å². The van der Waals surface area contributed by atoms with Crippen molar-refractivity contribution >= 4 is 17.7 Å². The largest absolute Gasteiger partial charge is 0.419 e. The summed E-state index contributed by atoms with van der Waals surface area (Å²) >= 11 is 0. The van der Waals surface area contributed by atoms with Gasteiger partial charge in [-0.1, -0.05) is 30.3 Å². The van der Waals surface area contributed by atoms with Gasteiger partial charge in [0, 0.05) is 17.8 Å². The fourth-order valence-electron chi connectivity index (χ4n) is 2.79. The van der Waals surface area contributed by atoms with E-state index in [0.29, 0.717) is 29.8 Å². The zero-order valence-corrected chi connectivity index (χ0v) is 13.8. The zero-order chi connectivity index (χ0) is 17.8. The Morgan fingerprint density at radius 2 is 2.04 bits per heavy atom. The molecule has 2 N–H and O–H groups in total. The Hall–Kier alpha value is -2.73. The van der Waals surface area contributed by atoms with E-state index < -0.39 is 12.1 Å². The molecule has 3 rings (SSSR count). The first-order valence-corrected chi connectivity index (χ1v) is 8.13. The summed E-state index contributed by atoms with van der Waals surface area (Å²) in [6.45, 7) is 3.07. The van der Waals surface area contributed by atoms with Crippen LogP contribution in [0.1, 0.15) is 12.0 Å². The molecule has 0 radical (unpaired) electrons. The molecule has 1 atom stereocenters. The highest BCUT2D eigenvalue weighted by molar-refractivity contribution is 5.94. The zero-order valence-electron chi connectivity index (χ0n) is 13.8. The summed E-state index contributed by atoms with van der Waals surface area (Å²) in [4.78, 5) is 23.9. The van der Waals surface area contributed by atoms with E-state index in [1.165, 1.54) is 6.07 Å². The Morgan fingerprint density at radius 1 is 1.24 bits per heavy atom. The molecular weight excluding hydrogens is 323 g/mol. The molecular formula is C19H19FN2O3. The quantitative estimate of drug-likeness (QED) is 0.662. The number of rotatable bonds is 3. The number of aryl methyl sites for hydroxylation is 1. The predicted octanol–water partition coefficient (Wildman–Crippen LogP) is 3.49. The van der Waals surface area contributed by atoms with Crippen molar-refractivity contribution in [2.75, 3.05) is 18.4 Å². The van der Waals surface area contributed by atoms with Crippen molar-refractivity contribution in [3.63, 3.8) is 0 Å². The number of carbonyl (C=O) groups is 2. The SMILES string of the molecule is Cc1ccc(-c2ccccc2F)cc1NC(=O)OC(=O)C1CCNC1. The number of halogens is 1. The average Bonchev–Trinajstić information content (AvgIpc) is 3.12. The molecule has 1 amide bonds. The number of esters is 1. The smallest absolute Gasteiger partial charge is 0.376 e. The number of ether oxygens (including phenoxy) is 1. The second kappa shape index (κ2) is 7.44. The molecule has 2 aromatic rings.